The Bertz CT molecular complexity index is 1120. The molecular weight excluding hydrogens is 547 g/mol. The molecule has 4 aliphatic carbocycles. The van der Waals surface area contributed by atoms with Gasteiger partial charge in [-0.3, -0.25) is 14.4 Å². The lowest BCUT2D eigenvalue weighted by atomic mass is 9.44. The molecule has 0 unspecified atom stereocenters. The number of alkyl halides is 1. The smallest absolute Gasteiger partial charge is 0.312 e. The Labute approximate surface area is 257 Å². The second-order valence-corrected chi connectivity index (χ2v) is 14.8. The summed E-state index contributed by atoms with van der Waals surface area (Å²) in [5, 5.41) is 23.9. The van der Waals surface area contributed by atoms with Crippen LogP contribution in [-0.4, -0.2) is 51.7 Å². The van der Waals surface area contributed by atoms with Gasteiger partial charge >= 0.3 is 5.97 Å². The van der Waals surface area contributed by atoms with E-state index in [1.807, 2.05) is 13.8 Å². The zero-order valence-electron chi connectivity index (χ0n) is 27.3. The van der Waals surface area contributed by atoms with E-state index in [0.717, 1.165) is 57.8 Å². The Morgan fingerprint density at radius 3 is 2.19 bits per heavy atom. The summed E-state index contributed by atoms with van der Waals surface area (Å²) in [6, 6.07) is 0. The molecule has 0 radical (unpaired) electrons. The van der Waals surface area contributed by atoms with Crippen molar-refractivity contribution in [1.82, 2.24) is 0 Å². The Morgan fingerprint density at radius 2 is 1.63 bits per heavy atom. The third kappa shape index (κ3) is 5.18. The lowest BCUT2D eigenvalue weighted by Crippen LogP contribution is -2.69. The number of carbonyl (C=O) groups is 3. The maximum absolute atomic E-state index is 17.4. The van der Waals surface area contributed by atoms with Crippen molar-refractivity contribution in [3.05, 3.63) is 23.8 Å². The van der Waals surface area contributed by atoms with Crippen LogP contribution >= 0.6 is 0 Å². The van der Waals surface area contributed by atoms with E-state index in [-0.39, 0.29) is 24.1 Å². The van der Waals surface area contributed by atoms with Crippen molar-refractivity contribution in [1.29, 1.82) is 0 Å². The van der Waals surface area contributed by atoms with Gasteiger partial charge in [-0.25, -0.2) is 4.39 Å². The molecule has 0 aromatic rings. The summed E-state index contributed by atoms with van der Waals surface area (Å²) >= 11 is 0. The molecule has 7 heteroatoms. The van der Waals surface area contributed by atoms with Crippen LogP contribution in [0.2, 0.25) is 0 Å². The molecule has 3 saturated carbocycles. The highest BCUT2D eigenvalue weighted by Gasteiger charge is 2.75. The molecule has 0 heterocycles. The topological polar surface area (TPSA) is 101 Å². The molecule has 0 amide bonds. The van der Waals surface area contributed by atoms with Gasteiger partial charge in [-0.05, 0) is 75.9 Å². The fourth-order valence-corrected chi connectivity index (χ4v) is 9.76. The lowest BCUT2D eigenvalue weighted by Gasteiger charge is -2.62. The number of halogens is 1. The zero-order valence-corrected chi connectivity index (χ0v) is 27.3. The van der Waals surface area contributed by atoms with Gasteiger partial charge in [0.15, 0.2) is 18.1 Å². The number of ketones is 2. The minimum atomic E-state index is -2.03. The third-order valence-corrected chi connectivity index (χ3v) is 12.4. The van der Waals surface area contributed by atoms with Crippen LogP contribution in [0, 0.1) is 34.0 Å². The zero-order chi connectivity index (χ0) is 31.8. The fraction of sp³-hybridized carbons (Fsp3) is 0.806. The van der Waals surface area contributed by atoms with E-state index in [9.17, 15) is 24.6 Å². The van der Waals surface area contributed by atoms with Crippen molar-refractivity contribution in [3.8, 4) is 0 Å². The van der Waals surface area contributed by atoms with Crippen LogP contribution in [0.1, 0.15) is 125 Å². The molecule has 4 aliphatic rings. The molecule has 0 saturated heterocycles. The van der Waals surface area contributed by atoms with Gasteiger partial charge in [-0.2, -0.15) is 0 Å². The van der Waals surface area contributed by atoms with E-state index in [2.05, 4.69) is 20.8 Å². The highest BCUT2D eigenvalue weighted by atomic mass is 19.1. The van der Waals surface area contributed by atoms with Gasteiger partial charge < -0.3 is 14.9 Å². The third-order valence-electron chi connectivity index (χ3n) is 12.4. The van der Waals surface area contributed by atoms with Crippen LogP contribution in [0.4, 0.5) is 4.39 Å². The predicted molar refractivity (Wildman–Crippen MR) is 165 cm³/mol. The van der Waals surface area contributed by atoms with E-state index < -0.39 is 57.8 Å². The molecule has 8 atom stereocenters. The van der Waals surface area contributed by atoms with Crippen molar-refractivity contribution >= 4 is 17.5 Å². The SMILES string of the molecule is CCCCC(CCCC)(CCCC)C(=O)OCC(=O)[C@@]1(O)[C@H](C)C[C@H]2[C@@H]3CCC4=CC(=O)C=C[C@]4(C)[C@@]3(F)[C@@H](O)C[C@@]21C. The van der Waals surface area contributed by atoms with Crippen LogP contribution in [0.5, 0.6) is 0 Å². The van der Waals surface area contributed by atoms with Gasteiger partial charge in [-0.15, -0.1) is 0 Å². The number of ether oxygens (including phenoxy) is 1. The molecule has 0 aliphatic heterocycles. The molecule has 4 rings (SSSR count). The first-order valence-electron chi connectivity index (χ1n) is 17.0. The molecule has 242 valence electrons. The van der Waals surface area contributed by atoms with Crippen molar-refractivity contribution in [3.63, 3.8) is 0 Å². The van der Waals surface area contributed by atoms with Gasteiger partial charge in [0, 0.05) is 16.7 Å². The Morgan fingerprint density at radius 1 is 1.05 bits per heavy atom. The number of unbranched alkanes of at least 4 members (excludes halogenated alkanes) is 3. The van der Waals surface area contributed by atoms with Crippen molar-refractivity contribution in [2.45, 2.75) is 142 Å². The average Bonchev–Trinajstić information content (AvgIpc) is 3.18. The van der Waals surface area contributed by atoms with E-state index in [0.29, 0.717) is 24.8 Å². The van der Waals surface area contributed by atoms with Crippen LogP contribution < -0.4 is 0 Å². The number of fused-ring (bicyclic) bond motifs is 5. The van der Waals surface area contributed by atoms with Crippen LogP contribution in [-0.2, 0) is 19.1 Å². The number of hydrogen-bond acceptors (Lipinski definition) is 6. The molecular formula is C36H55FO6. The van der Waals surface area contributed by atoms with Crippen molar-refractivity contribution in [2.75, 3.05) is 6.61 Å². The predicted octanol–water partition coefficient (Wildman–Crippen LogP) is 7.00. The van der Waals surface area contributed by atoms with E-state index in [4.69, 9.17) is 4.74 Å². The van der Waals surface area contributed by atoms with E-state index >= 15 is 4.39 Å². The van der Waals surface area contributed by atoms with Crippen LogP contribution in [0.15, 0.2) is 23.8 Å². The van der Waals surface area contributed by atoms with Crippen molar-refractivity contribution < 1.29 is 33.7 Å². The first-order chi connectivity index (χ1) is 20.2. The molecule has 2 N–H and O–H groups in total. The molecule has 0 spiro atoms. The lowest BCUT2D eigenvalue weighted by molar-refractivity contribution is -0.220. The summed E-state index contributed by atoms with van der Waals surface area (Å²) < 4.78 is 23.3. The second-order valence-electron chi connectivity index (χ2n) is 14.8. The van der Waals surface area contributed by atoms with Gasteiger partial charge in [0.05, 0.1) is 11.5 Å². The van der Waals surface area contributed by atoms with Gasteiger partial charge in [0.2, 0.25) is 5.78 Å². The molecule has 3 fully saturated rings. The maximum Gasteiger partial charge on any atom is 0.312 e. The van der Waals surface area contributed by atoms with Gasteiger partial charge in [0.25, 0.3) is 0 Å². The van der Waals surface area contributed by atoms with Crippen molar-refractivity contribution in [2.24, 2.45) is 34.0 Å². The summed E-state index contributed by atoms with van der Waals surface area (Å²) in [7, 11) is 0. The number of rotatable bonds is 13. The molecule has 0 aromatic heterocycles. The number of carbonyl (C=O) groups excluding carboxylic acids is 3. The average molecular weight is 603 g/mol. The number of allylic oxidation sites excluding steroid dienone is 4. The Hall–Kier alpha value is -1.86. The summed E-state index contributed by atoms with van der Waals surface area (Å²) in [6.45, 7) is 11.2. The standard InChI is InChI=1S/C36H55FO6/c1-7-10-16-34(17-11-8-2,18-12-9-3)31(41)43-23-30(40)36(42)24(4)20-28-27-14-13-25-21-26(38)15-19-32(25,5)35(27,37)29(39)22-33(28,36)6/h15,19,21,24,27-29,39,42H,7-14,16-18,20,22-23H2,1-6H3/t24-,27+,28+,29+,32+,33+,35+,36+/m1/s1. The first-order valence-corrected chi connectivity index (χ1v) is 17.0. The molecule has 0 aromatic carbocycles. The van der Waals surface area contributed by atoms with Crippen LogP contribution in [0.25, 0.3) is 0 Å². The minimum Gasteiger partial charge on any atom is -0.457 e. The minimum absolute atomic E-state index is 0.0940. The van der Waals surface area contributed by atoms with E-state index in [1.54, 1.807) is 13.0 Å². The second kappa shape index (κ2) is 12.5. The number of esters is 1. The summed E-state index contributed by atoms with van der Waals surface area (Å²) in [6.07, 6.45) is 12.1. The summed E-state index contributed by atoms with van der Waals surface area (Å²) in [5.74, 6) is -2.53. The Balaban J connectivity index is 1.59. The van der Waals surface area contributed by atoms with Gasteiger partial charge in [-0.1, -0.05) is 84.8 Å². The number of aliphatic hydroxyl groups is 2. The quantitative estimate of drug-likeness (QED) is 0.220. The highest BCUT2D eigenvalue weighted by Crippen LogP contribution is 2.70. The monoisotopic (exact) mass is 602 g/mol. The van der Waals surface area contributed by atoms with Gasteiger partial charge in [0.1, 0.15) is 5.60 Å². The highest BCUT2D eigenvalue weighted by molar-refractivity contribution is 6.01. The first kappa shape index (κ1) is 34.0. The summed E-state index contributed by atoms with van der Waals surface area (Å²) in [4.78, 5) is 39.9. The normalized spacial score (nSPS) is 38.6. The Kier molecular flexibility index (Phi) is 9.89. The fourth-order valence-electron chi connectivity index (χ4n) is 9.76. The largest absolute Gasteiger partial charge is 0.457 e. The summed E-state index contributed by atoms with van der Waals surface area (Å²) in [5.41, 5.74) is -6.06. The maximum atomic E-state index is 17.4. The number of hydrogen-bond donors (Lipinski definition) is 2. The molecule has 0 bridgehead atoms. The van der Waals surface area contributed by atoms with Crippen LogP contribution in [0.3, 0.4) is 0 Å². The number of Topliss-reactive ketones (excluding diaryl/α,β-unsaturated/α-hetero) is 1. The van der Waals surface area contributed by atoms with E-state index in [1.165, 1.54) is 12.2 Å². The molecule has 6 nitrogen and oxygen atoms in total. The number of aliphatic hydroxyl groups excluding tert-OH is 1. The molecule has 43 heavy (non-hydrogen) atoms.